The lowest BCUT2D eigenvalue weighted by atomic mass is 9.71. The largest absolute Gasteiger partial charge is 0.374 e. The van der Waals surface area contributed by atoms with Crippen LogP contribution in [0.2, 0.25) is 0 Å². The van der Waals surface area contributed by atoms with E-state index in [0.29, 0.717) is 13.0 Å². The second-order valence-corrected chi connectivity index (χ2v) is 5.77. The second kappa shape index (κ2) is 6.67. The highest BCUT2D eigenvalue weighted by atomic mass is 16.5. The van der Waals surface area contributed by atoms with Gasteiger partial charge in [0.15, 0.2) is 0 Å². The van der Waals surface area contributed by atoms with Gasteiger partial charge in [0.05, 0.1) is 24.2 Å². The molecule has 1 fully saturated rings. The summed E-state index contributed by atoms with van der Waals surface area (Å²) in [6.07, 6.45) is 3.87. The Hall–Kier alpha value is -1.66. The second-order valence-electron chi connectivity index (χ2n) is 5.77. The van der Waals surface area contributed by atoms with Gasteiger partial charge in [0.1, 0.15) is 5.78 Å². The van der Waals surface area contributed by atoms with Gasteiger partial charge in [0, 0.05) is 6.42 Å². The SMILES string of the molecule is CC(=O)CC1(C#N)CCC(OCc2ccccc2)CC1. The van der Waals surface area contributed by atoms with Crippen LogP contribution in [0.4, 0.5) is 0 Å². The molecule has 3 nitrogen and oxygen atoms in total. The molecule has 1 aromatic carbocycles. The first kappa shape index (κ1) is 14.7. The van der Waals surface area contributed by atoms with Crippen LogP contribution in [-0.4, -0.2) is 11.9 Å². The van der Waals surface area contributed by atoms with Crippen molar-refractivity contribution in [2.45, 2.75) is 51.7 Å². The van der Waals surface area contributed by atoms with Crippen LogP contribution in [0.5, 0.6) is 0 Å². The van der Waals surface area contributed by atoms with Gasteiger partial charge < -0.3 is 4.74 Å². The molecule has 1 saturated carbocycles. The highest BCUT2D eigenvalue weighted by molar-refractivity contribution is 5.76. The van der Waals surface area contributed by atoms with Crippen molar-refractivity contribution in [1.29, 1.82) is 5.26 Å². The number of ketones is 1. The van der Waals surface area contributed by atoms with Crippen LogP contribution in [0.3, 0.4) is 0 Å². The minimum atomic E-state index is -0.446. The van der Waals surface area contributed by atoms with E-state index in [1.807, 2.05) is 18.2 Å². The molecular formula is C17H21NO2. The van der Waals surface area contributed by atoms with Gasteiger partial charge in [-0.25, -0.2) is 0 Å². The van der Waals surface area contributed by atoms with E-state index < -0.39 is 5.41 Å². The summed E-state index contributed by atoms with van der Waals surface area (Å²) in [4.78, 5) is 11.3. The maximum atomic E-state index is 11.3. The number of carbonyl (C=O) groups is 1. The summed E-state index contributed by atoms with van der Waals surface area (Å²) in [6.45, 7) is 2.19. The lowest BCUT2D eigenvalue weighted by Gasteiger charge is -2.34. The third kappa shape index (κ3) is 3.91. The molecule has 0 unspecified atom stereocenters. The first-order valence-corrected chi connectivity index (χ1v) is 7.20. The molecule has 0 aromatic heterocycles. The molecule has 0 heterocycles. The Kier molecular flexibility index (Phi) is 4.92. The van der Waals surface area contributed by atoms with Crippen LogP contribution >= 0.6 is 0 Å². The maximum absolute atomic E-state index is 11.3. The Balaban J connectivity index is 1.82. The van der Waals surface area contributed by atoms with Gasteiger partial charge in [-0.2, -0.15) is 5.26 Å². The van der Waals surface area contributed by atoms with Crippen molar-refractivity contribution in [3.8, 4) is 6.07 Å². The molecule has 106 valence electrons. The summed E-state index contributed by atoms with van der Waals surface area (Å²) in [5.41, 5.74) is 0.728. The first-order valence-electron chi connectivity index (χ1n) is 7.20. The summed E-state index contributed by atoms with van der Waals surface area (Å²) < 4.78 is 5.92. The van der Waals surface area contributed by atoms with E-state index >= 15 is 0 Å². The van der Waals surface area contributed by atoms with Gasteiger partial charge in [-0.05, 0) is 38.2 Å². The molecule has 0 amide bonds. The summed E-state index contributed by atoms with van der Waals surface area (Å²) in [7, 11) is 0. The summed E-state index contributed by atoms with van der Waals surface area (Å²) >= 11 is 0. The van der Waals surface area contributed by atoms with Gasteiger partial charge >= 0.3 is 0 Å². The lowest BCUT2D eigenvalue weighted by Crippen LogP contribution is -2.31. The van der Waals surface area contributed by atoms with Crippen molar-refractivity contribution in [2.75, 3.05) is 0 Å². The van der Waals surface area contributed by atoms with Gasteiger partial charge in [-0.15, -0.1) is 0 Å². The average Bonchev–Trinajstić information content (AvgIpc) is 2.47. The van der Waals surface area contributed by atoms with E-state index in [2.05, 4.69) is 18.2 Å². The molecule has 1 aromatic rings. The molecule has 0 spiro atoms. The quantitative estimate of drug-likeness (QED) is 0.821. The van der Waals surface area contributed by atoms with Gasteiger partial charge in [-0.1, -0.05) is 30.3 Å². The number of hydrogen-bond acceptors (Lipinski definition) is 3. The average molecular weight is 271 g/mol. The van der Waals surface area contributed by atoms with Crippen molar-refractivity contribution < 1.29 is 9.53 Å². The van der Waals surface area contributed by atoms with E-state index in [1.165, 1.54) is 5.56 Å². The van der Waals surface area contributed by atoms with Crippen molar-refractivity contribution in [2.24, 2.45) is 5.41 Å². The van der Waals surface area contributed by atoms with Crippen LogP contribution in [0.1, 0.15) is 44.6 Å². The van der Waals surface area contributed by atoms with Gasteiger partial charge in [-0.3, -0.25) is 4.79 Å². The maximum Gasteiger partial charge on any atom is 0.131 e. The zero-order chi connectivity index (χ0) is 14.4. The first-order chi connectivity index (χ1) is 9.63. The molecule has 0 radical (unpaired) electrons. The fourth-order valence-electron chi connectivity index (χ4n) is 2.90. The molecule has 0 atom stereocenters. The fourth-order valence-corrected chi connectivity index (χ4v) is 2.90. The molecule has 3 heteroatoms. The molecular weight excluding hydrogens is 250 g/mol. The molecule has 20 heavy (non-hydrogen) atoms. The van der Waals surface area contributed by atoms with E-state index in [4.69, 9.17) is 4.74 Å². The minimum Gasteiger partial charge on any atom is -0.374 e. The Morgan fingerprint density at radius 2 is 2.00 bits per heavy atom. The highest BCUT2D eigenvalue weighted by Crippen LogP contribution is 2.40. The van der Waals surface area contributed by atoms with Crippen molar-refractivity contribution in [1.82, 2.24) is 0 Å². The van der Waals surface area contributed by atoms with Gasteiger partial charge in [0.2, 0.25) is 0 Å². The van der Waals surface area contributed by atoms with Crippen LogP contribution < -0.4 is 0 Å². The topological polar surface area (TPSA) is 50.1 Å². The van der Waals surface area contributed by atoms with Crippen molar-refractivity contribution in [3.63, 3.8) is 0 Å². The monoisotopic (exact) mass is 271 g/mol. The standard InChI is InChI=1S/C17H21NO2/c1-14(19)11-17(13-18)9-7-16(8-10-17)20-12-15-5-3-2-4-6-15/h2-6,16H,7-12H2,1H3. The number of carbonyl (C=O) groups excluding carboxylic acids is 1. The molecule has 1 aliphatic rings. The number of ether oxygens (including phenoxy) is 1. The zero-order valence-corrected chi connectivity index (χ0v) is 12.0. The number of nitrogens with zero attached hydrogens (tertiary/aromatic N) is 1. The number of rotatable bonds is 5. The van der Waals surface area contributed by atoms with Crippen LogP contribution in [0.25, 0.3) is 0 Å². The van der Waals surface area contributed by atoms with Crippen LogP contribution in [-0.2, 0) is 16.1 Å². The molecule has 1 aliphatic carbocycles. The van der Waals surface area contributed by atoms with E-state index in [9.17, 15) is 10.1 Å². The third-order valence-electron chi connectivity index (χ3n) is 4.04. The zero-order valence-electron chi connectivity index (χ0n) is 12.0. The Morgan fingerprint density at radius 1 is 1.35 bits per heavy atom. The van der Waals surface area contributed by atoms with Crippen LogP contribution in [0.15, 0.2) is 30.3 Å². The summed E-state index contributed by atoms with van der Waals surface area (Å²) in [6, 6.07) is 12.5. The smallest absolute Gasteiger partial charge is 0.131 e. The van der Waals surface area contributed by atoms with E-state index in [1.54, 1.807) is 6.92 Å². The van der Waals surface area contributed by atoms with Gasteiger partial charge in [0.25, 0.3) is 0 Å². The predicted octanol–water partition coefficient (Wildman–Crippen LogP) is 3.63. The van der Waals surface area contributed by atoms with E-state index in [0.717, 1.165) is 25.7 Å². The van der Waals surface area contributed by atoms with Crippen molar-refractivity contribution in [3.05, 3.63) is 35.9 Å². The van der Waals surface area contributed by atoms with Crippen molar-refractivity contribution >= 4 is 5.78 Å². The number of nitriles is 1. The minimum absolute atomic E-state index is 0.107. The van der Waals surface area contributed by atoms with E-state index in [-0.39, 0.29) is 11.9 Å². The fraction of sp³-hybridized carbons (Fsp3) is 0.529. The Morgan fingerprint density at radius 3 is 2.55 bits per heavy atom. The number of hydrogen-bond donors (Lipinski definition) is 0. The van der Waals surface area contributed by atoms with Crippen LogP contribution in [0, 0.1) is 16.7 Å². The normalized spacial score (nSPS) is 25.9. The summed E-state index contributed by atoms with van der Waals surface area (Å²) in [5.74, 6) is 0.107. The predicted molar refractivity (Wildman–Crippen MR) is 76.8 cm³/mol. The lowest BCUT2D eigenvalue weighted by molar-refractivity contribution is -0.119. The third-order valence-corrected chi connectivity index (χ3v) is 4.04. The molecule has 0 aliphatic heterocycles. The molecule has 0 N–H and O–H groups in total. The number of benzene rings is 1. The Labute approximate surface area is 120 Å². The number of Topliss-reactive ketones (excluding diaryl/α,β-unsaturated/α-hetero) is 1. The molecule has 0 saturated heterocycles. The summed E-state index contributed by atoms with van der Waals surface area (Å²) in [5, 5.41) is 9.34. The highest BCUT2D eigenvalue weighted by Gasteiger charge is 2.36. The molecule has 0 bridgehead atoms. The molecule has 2 rings (SSSR count). The Bertz CT molecular complexity index is 481.